The summed E-state index contributed by atoms with van der Waals surface area (Å²) in [6.45, 7) is 2.40. The smallest absolute Gasteiger partial charge is 0.327 e. The van der Waals surface area contributed by atoms with Crippen molar-refractivity contribution < 1.29 is 24.2 Å². The number of ether oxygens (including phenoxy) is 1. The van der Waals surface area contributed by atoms with Gasteiger partial charge in [0.2, 0.25) is 0 Å². The SMILES string of the molecule is Cc1ccc(-c2ccccc2C(=O)Nc2ccc(C(=O)N(C)c3ccccc3OCCCC=CC(=O)O)cc2)cc1. The van der Waals surface area contributed by atoms with Gasteiger partial charge < -0.3 is 20.1 Å². The number of amides is 2. The van der Waals surface area contributed by atoms with E-state index in [9.17, 15) is 14.4 Å². The van der Waals surface area contributed by atoms with Crippen molar-refractivity contribution in [2.24, 2.45) is 0 Å². The maximum Gasteiger partial charge on any atom is 0.327 e. The minimum atomic E-state index is -0.977. The first-order valence-electron chi connectivity index (χ1n) is 13.3. The number of hydrogen-bond donors (Lipinski definition) is 2. The Bertz CT molecular complexity index is 1540. The number of carbonyl (C=O) groups excluding carboxylic acids is 2. The first-order valence-corrected chi connectivity index (χ1v) is 13.3. The molecule has 0 saturated heterocycles. The number of hydrogen-bond acceptors (Lipinski definition) is 4. The number of carboxylic acids is 1. The van der Waals surface area contributed by atoms with Crippen LogP contribution in [-0.2, 0) is 4.79 Å². The number of nitrogens with one attached hydrogen (secondary N) is 1. The van der Waals surface area contributed by atoms with E-state index in [0.717, 1.165) is 22.8 Å². The van der Waals surface area contributed by atoms with Gasteiger partial charge in [-0.05, 0) is 73.4 Å². The number of carbonyl (C=O) groups is 3. The summed E-state index contributed by atoms with van der Waals surface area (Å²) in [7, 11) is 1.68. The summed E-state index contributed by atoms with van der Waals surface area (Å²) in [5.41, 5.74) is 5.16. The maximum atomic E-state index is 13.3. The summed E-state index contributed by atoms with van der Waals surface area (Å²) in [6.07, 6.45) is 3.91. The first kappa shape index (κ1) is 28.8. The van der Waals surface area contributed by atoms with E-state index in [1.807, 2.05) is 61.5 Å². The van der Waals surface area contributed by atoms with Crippen molar-refractivity contribution in [2.45, 2.75) is 19.8 Å². The molecule has 208 valence electrons. The Kier molecular flexibility index (Phi) is 9.67. The summed E-state index contributed by atoms with van der Waals surface area (Å²) in [4.78, 5) is 38.5. The molecule has 0 saturated carbocycles. The molecule has 4 rings (SSSR count). The van der Waals surface area contributed by atoms with Crippen LogP contribution in [0.25, 0.3) is 11.1 Å². The third-order valence-corrected chi connectivity index (χ3v) is 6.49. The Morgan fingerprint density at radius 3 is 2.29 bits per heavy atom. The van der Waals surface area contributed by atoms with Crippen molar-refractivity contribution in [2.75, 3.05) is 23.9 Å². The molecular formula is C34H32N2O5. The number of aliphatic carboxylic acids is 1. The van der Waals surface area contributed by atoms with Crippen LogP contribution < -0.4 is 15.0 Å². The minimum absolute atomic E-state index is 0.229. The van der Waals surface area contributed by atoms with Gasteiger partial charge in [-0.3, -0.25) is 9.59 Å². The van der Waals surface area contributed by atoms with Gasteiger partial charge >= 0.3 is 5.97 Å². The zero-order valence-corrected chi connectivity index (χ0v) is 23.0. The van der Waals surface area contributed by atoms with Gasteiger partial charge in [-0.1, -0.05) is 66.2 Å². The van der Waals surface area contributed by atoms with Crippen LogP contribution >= 0.6 is 0 Å². The molecule has 0 bridgehead atoms. The van der Waals surface area contributed by atoms with E-state index >= 15 is 0 Å². The number of rotatable bonds is 11. The lowest BCUT2D eigenvalue weighted by Crippen LogP contribution is -2.26. The largest absolute Gasteiger partial charge is 0.491 e. The van der Waals surface area contributed by atoms with Crippen molar-refractivity contribution in [1.29, 1.82) is 0 Å². The van der Waals surface area contributed by atoms with Crippen molar-refractivity contribution in [3.63, 3.8) is 0 Å². The first-order chi connectivity index (χ1) is 19.8. The fourth-order valence-electron chi connectivity index (χ4n) is 4.29. The highest BCUT2D eigenvalue weighted by Crippen LogP contribution is 2.29. The number of aryl methyl sites for hydroxylation is 1. The monoisotopic (exact) mass is 548 g/mol. The van der Waals surface area contributed by atoms with E-state index in [1.54, 1.807) is 55.6 Å². The lowest BCUT2D eigenvalue weighted by molar-refractivity contribution is -0.131. The Labute approximate surface area is 239 Å². The van der Waals surface area contributed by atoms with E-state index in [0.29, 0.717) is 47.7 Å². The Hall–Kier alpha value is -5.17. The van der Waals surface area contributed by atoms with Gasteiger partial charge in [0, 0.05) is 29.9 Å². The molecule has 4 aromatic carbocycles. The number of para-hydroxylation sites is 2. The van der Waals surface area contributed by atoms with Gasteiger partial charge in [0.15, 0.2) is 0 Å². The lowest BCUT2D eigenvalue weighted by Gasteiger charge is -2.21. The van der Waals surface area contributed by atoms with Crippen molar-refractivity contribution in [1.82, 2.24) is 0 Å². The molecule has 0 aromatic heterocycles. The zero-order valence-electron chi connectivity index (χ0n) is 23.0. The molecule has 0 aliphatic carbocycles. The molecule has 0 unspecified atom stereocenters. The van der Waals surface area contributed by atoms with Crippen LogP contribution in [-0.4, -0.2) is 36.5 Å². The molecule has 7 nitrogen and oxygen atoms in total. The predicted molar refractivity (Wildman–Crippen MR) is 162 cm³/mol. The van der Waals surface area contributed by atoms with Gasteiger partial charge in [0.1, 0.15) is 5.75 Å². The molecule has 4 aromatic rings. The van der Waals surface area contributed by atoms with Crippen molar-refractivity contribution in [3.05, 3.63) is 126 Å². The molecule has 2 N–H and O–H groups in total. The molecule has 41 heavy (non-hydrogen) atoms. The summed E-state index contributed by atoms with van der Waals surface area (Å²) in [5, 5.41) is 11.6. The van der Waals surface area contributed by atoms with Crippen LogP contribution in [0.15, 0.2) is 109 Å². The zero-order chi connectivity index (χ0) is 29.2. The second kappa shape index (κ2) is 13.8. The fraction of sp³-hybridized carbons (Fsp3) is 0.147. The van der Waals surface area contributed by atoms with E-state index in [2.05, 4.69) is 5.32 Å². The number of allylic oxidation sites excluding steroid dienone is 1. The molecule has 0 fully saturated rings. The van der Waals surface area contributed by atoms with Crippen LogP contribution in [0, 0.1) is 6.92 Å². The van der Waals surface area contributed by atoms with E-state index in [-0.39, 0.29) is 11.8 Å². The molecule has 0 spiro atoms. The van der Waals surface area contributed by atoms with Gasteiger partial charge in [-0.15, -0.1) is 0 Å². The van der Waals surface area contributed by atoms with E-state index in [1.165, 1.54) is 4.90 Å². The molecule has 2 amide bonds. The predicted octanol–water partition coefficient (Wildman–Crippen LogP) is 6.99. The molecule has 0 aliphatic rings. The van der Waals surface area contributed by atoms with Crippen LogP contribution in [0.3, 0.4) is 0 Å². The van der Waals surface area contributed by atoms with Gasteiger partial charge in [-0.2, -0.15) is 0 Å². The van der Waals surface area contributed by atoms with Crippen LogP contribution in [0.2, 0.25) is 0 Å². The normalized spacial score (nSPS) is 10.8. The van der Waals surface area contributed by atoms with Crippen molar-refractivity contribution in [3.8, 4) is 16.9 Å². The van der Waals surface area contributed by atoms with Crippen molar-refractivity contribution >= 4 is 29.2 Å². The Balaban J connectivity index is 1.41. The number of benzene rings is 4. The fourth-order valence-corrected chi connectivity index (χ4v) is 4.29. The number of nitrogens with zero attached hydrogens (tertiary/aromatic N) is 1. The lowest BCUT2D eigenvalue weighted by atomic mass is 9.98. The number of anilines is 2. The maximum absolute atomic E-state index is 13.3. The number of carboxylic acid groups (broad SMARTS) is 1. The van der Waals surface area contributed by atoms with E-state index in [4.69, 9.17) is 9.84 Å². The summed E-state index contributed by atoms with van der Waals surface area (Å²) in [6, 6.07) is 29.5. The second-order valence-corrected chi connectivity index (χ2v) is 9.51. The minimum Gasteiger partial charge on any atom is -0.491 e. The molecule has 0 atom stereocenters. The Morgan fingerprint density at radius 2 is 1.56 bits per heavy atom. The Morgan fingerprint density at radius 1 is 0.878 bits per heavy atom. The average molecular weight is 549 g/mol. The van der Waals surface area contributed by atoms with Gasteiger partial charge in [0.05, 0.1) is 12.3 Å². The molecule has 0 aliphatic heterocycles. The highest BCUT2D eigenvalue weighted by atomic mass is 16.5. The molecule has 0 heterocycles. The highest BCUT2D eigenvalue weighted by Gasteiger charge is 2.18. The molecule has 7 heteroatoms. The average Bonchev–Trinajstić information content (AvgIpc) is 2.99. The van der Waals surface area contributed by atoms with Crippen LogP contribution in [0.4, 0.5) is 11.4 Å². The number of unbranched alkanes of at least 4 members (excludes halogenated alkanes) is 1. The molecular weight excluding hydrogens is 516 g/mol. The third kappa shape index (κ3) is 7.70. The highest BCUT2D eigenvalue weighted by molar-refractivity contribution is 6.09. The quantitative estimate of drug-likeness (QED) is 0.156. The summed E-state index contributed by atoms with van der Waals surface area (Å²) >= 11 is 0. The molecule has 0 radical (unpaired) electrons. The standard InChI is InChI=1S/C34H32N2O5/c1-24-15-17-25(18-16-24)28-10-5-6-11-29(28)33(39)35-27-21-19-26(20-22-27)34(40)36(2)30-12-7-8-13-31(30)41-23-9-3-4-14-32(37)38/h4-8,10-22H,3,9,23H2,1-2H3,(H,35,39)(H,37,38). The van der Waals surface area contributed by atoms with Gasteiger partial charge in [0.25, 0.3) is 11.8 Å². The summed E-state index contributed by atoms with van der Waals surface area (Å²) < 4.78 is 5.88. The van der Waals surface area contributed by atoms with Crippen LogP contribution in [0.1, 0.15) is 39.1 Å². The second-order valence-electron chi connectivity index (χ2n) is 9.51. The van der Waals surface area contributed by atoms with Crippen LogP contribution in [0.5, 0.6) is 5.75 Å². The van der Waals surface area contributed by atoms with E-state index < -0.39 is 5.97 Å². The third-order valence-electron chi connectivity index (χ3n) is 6.49. The van der Waals surface area contributed by atoms with Gasteiger partial charge in [-0.25, -0.2) is 4.79 Å². The summed E-state index contributed by atoms with van der Waals surface area (Å²) in [5.74, 6) is -0.883. The topological polar surface area (TPSA) is 95.9 Å².